The average molecular weight is 186 g/mol. The summed E-state index contributed by atoms with van der Waals surface area (Å²) in [5, 5.41) is 0. The molecule has 1 rings (SSSR count). The summed E-state index contributed by atoms with van der Waals surface area (Å²) in [6.07, 6.45) is 6.62. The third-order valence-electron chi connectivity index (χ3n) is 2.87. The largest absolute Gasteiger partial charge is 0.382 e. The predicted molar refractivity (Wildman–Crippen MR) is 54.2 cm³/mol. The highest BCUT2D eigenvalue weighted by Crippen LogP contribution is 2.34. The van der Waals surface area contributed by atoms with Crippen molar-refractivity contribution in [2.45, 2.75) is 51.2 Å². The van der Waals surface area contributed by atoms with Crippen molar-refractivity contribution >= 4 is 0 Å². The molecule has 0 radical (unpaired) electrons. The number of rotatable bonds is 7. The van der Waals surface area contributed by atoms with Crippen LogP contribution >= 0.6 is 0 Å². The molecule has 3 heteroatoms. The lowest BCUT2D eigenvalue weighted by Crippen LogP contribution is -2.36. The van der Waals surface area contributed by atoms with Crippen molar-refractivity contribution in [1.29, 1.82) is 0 Å². The highest BCUT2D eigenvalue weighted by atomic mass is 16.5. The molecule has 0 saturated heterocycles. The van der Waals surface area contributed by atoms with Gasteiger partial charge in [0.1, 0.15) is 0 Å². The Bertz CT molecular complexity index is 137. The summed E-state index contributed by atoms with van der Waals surface area (Å²) >= 11 is 0. The van der Waals surface area contributed by atoms with Crippen LogP contribution in [-0.4, -0.2) is 19.3 Å². The van der Waals surface area contributed by atoms with Crippen LogP contribution in [0.1, 0.15) is 39.0 Å². The van der Waals surface area contributed by atoms with Crippen molar-refractivity contribution in [3.63, 3.8) is 0 Å². The Kier molecular flexibility index (Phi) is 4.70. The van der Waals surface area contributed by atoms with E-state index in [-0.39, 0.29) is 0 Å². The summed E-state index contributed by atoms with van der Waals surface area (Å²) in [4.78, 5) is 0. The summed E-state index contributed by atoms with van der Waals surface area (Å²) in [6, 6.07) is 0.491. The average Bonchev–Trinajstić information content (AvgIpc) is 2.95. The quantitative estimate of drug-likeness (QED) is 0.467. The van der Waals surface area contributed by atoms with Crippen LogP contribution in [0.3, 0.4) is 0 Å². The van der Waals surface area contributed by atoms with Gasteiger partial charge in [-0.1, -0.05) is 12.8 Å². The second kappa shape index (κ2) is 5.58. The first-order chi connectivity index (χ1) is 6.26. The zero-order valence-corrected chi connectivity index (χ0v) is 8.75. The molecule has 0 aliphatic heterocycles. The fraction of sp³-hybridized carbons (Fsp3) is 1.00. The molecule has 0 amide bonds. The van der Waals surface area contributed by atoms with Crippen molar-refractivity contribution in [1.82, 2.24) is 5.43 Å². The molecule has 1 saturated carbocycles. The lowest BCUT2D eigenvalue weighted by molar-refractivity contribution is 0.105. The van der Waals surface area contributed by atoms with Crippen LogP contribution < -0.4 is 11.3 Å². The normalized spacial score (nSPS) is 21.5. The van der Waals surface area contributed by atoms with Gasteiger partial charge < -0.3 is 4.74 Å². The SMILES string of the molecule is COC(C)CCC(CC1CC1)NN. The van der Waals surface area contributed by atoms with Gasteiger partial charge in [0, 0.05) is 13.2 Å². The predicted octanol–water partition coefficient (Wildman–Crippen LogP) is 1.43. The minimum atomic E-state index is 0.357. The fourth-order valence-corrected chi connectivity index (χ4v) is 1.58. The molecule has 3 N–H and O–H groups in total. The van der Waals surface area contributed by atoms with Gasteiger partial charge in [0.15, 0.2) is 0 Å². The summed E-state index contributed by atoms with van der Waals surface area (Å²) in [6.45, 7) is 2.10. The summed E-state index contributed by atoms with van der Waals surface area (Å²) in [5.41, 5.74) is 2.90. The Balaban J connectivity index is 2.07. The number of methoxy groups -OCH3 is 1. The van der Waals surface area contributed by atoms with Crippen molar-refractivity contribution < 1.29 is 4.74 Å². The van der Waals surface area contributed by atoms with E-state index in [2.05, 4.69) is 12.3 Å². The molecular weight excluding hydrogens is 164 g/mol. The maximum absolute atomic E-state index is 5.49. The lowest BCUT2D eigenvalue weighted by Gasteiger charge is -2.17. The topological polar surface area (TPSA) is 47.3 Å². The van der Waals surface area contributed by atoms with E-state index in [1.54, 1.807) is 7.11 Å². The van der Waals surface area contributed by atoms with Crippen LogP contribution in [0, 0.1) is 5.92 Å². The first-order valence-electron chi connectivity index (χ1n) is 5.25. The van der Waals surface area contributed by atoms with Gasteiger partial charge in [0.25, 0.3) is 0 Å². The third-order valence-corrected chi connectivity index (χ3v) is 2.87. The molecular formula is C10H22N2O. The van der Waals surface area contributed by atoms with Crippen LogP contribution in [0.4, 0.5) is 0 Å². The second-order valence-electron chi connectivity index (χ2n) is 4.17. The molecule has 78 valence electrons. The Morgan fingerprint density at radius 1 is 1.46 bits per heavy atom. The third kappa shape index (κ3) is 4.60. The minimum absolute atomic E-state index is 0.357. The molecule has 1 aliphatic rings. The standard InChI is InChI=1S/C10H22N2O/c1-8(13-2)3-6-10(12-11)7-9-4-5-9/h8-10,12H,3-7,11H2,1-2H3. The first kappa shape index (κ1) is 11.0. The fourth-order valence-electron chi connectivity index (χ4n) is 1.58. The number of hydrogen-bond acceptors (Lipinski definition) is 3. The molecule has 1 aliphatic carbocycles. The monoisotopic (exact) mass is 186 g/mol. The Labute approximate surface area is 81.0 Å². The van der Waals surface area contributed by atoms with Crippen molar-refractivity contribution in [3.05, 3.63) is 0 Å². The Morgan fingerprint density at radius 3 is 2.62 bits per heavy atom. The maximum atomic E-state index is 5.49. The van der Waals surface area contributed by atoms with Crippen molar-refractivity contribution in [2.75, 3.05) is 7.11 Å². The molecule has 0 heterocycles. The van der Waals surface area contributed by atoms with Crippen LogP contribution in [0.5, 0.6) is 0 Å². The summed E-state index contributed by atoms with van der Waals surface area (Å²) in [7, 11) is 1.76. The van der Waals surface area contributed by atoms with E-state index in [9.17, 15) is 0 Å². The van der Waals surface area contributed by atoms with Crippen LogP contribution in [-0.2, 0) is 4.74 Å². The molecule has 13 heavy (non-hydrogen) atoms. The lowest BCUT2D eigenvalue weighted by atomic mass is 10.0. The molecule has 2 unspecified atom stereocenters. The highest BCUT2D eigenvalue weighted by molar-refractivity contribution is 4.79. The van der Waals surface area contributed by atoms with Gasteiger partial charge in [-0.3, -0.25) is 11.3 Å². The van der Waals surface area contributed by atoms with Crippen LogP contribution in [0.2, 0.25) is 0 Å². The van der Waals surface area contributed by atoms with Gasteiger partial charge in [-0.25, -0.2) is 0 Å². The van der Waals surface area contributed by atoms with Crippen molar-refractivity contribution in [3.8, 4) is 0 Å². The highest BCUT2D eigenvalue weighted by Gasteiger charge is 2.24. The second-order valence-corrected chi connectivity index (χ2v) is 4.17. The number of nitrogens with one attached hydrogen (secondary N) is 1. The number of hydrogen-bond donors (Lipinski definition) is 2. The molecule has 3 nitrogen and oxygen atoms in total. The maximum Gasteiger partial charge on any atom is 0.0543 e. The Hall–Kier alpha value is -0.120. The molecule has 2 atom stereocenters. The number of nitrogens with two attached hydrogens (primary N) is 1. The molecule has 0 bridgehead atoms. The summed E-state index contributed by atoms with van der Waals surface area (Å²) < 4.78 is 5.20. The van der Waals surface area contributed by atoms with Crippen LogP contribution in [0.25, 0.3) is 0 Å². The Morgan fingerprint density at radius 2 is 2.15 bits per heavy atom. The summed E-state index contributed by atoms with van der Waals surface area (Å²) in [5.74, 6) is 6.43. The molecule has 1 fully saturated rings. The van der Waals surface area contributed by atoms with Gasteiger partial charge in [-0.15, -0.1) is 0 Å². The van der Waals surface area contributed by atoms with Crippen LogP contribution in [0.15, 0.2) is 0 Å². The smallest absolute Gasteiger partial charge is 0.0543 e. The van der Waals surface area contributed by atoms with Gasteiger partial charge >= 0.3 is 0 Å². The van der Waals surface area contributed by atoms with Gasteiger partial charge in [0.2, 0.25) is 0 Å². The van der Waals surface area contributed by atoms with Crippen molar-refractivity contribution in [2.24, 2.45) is 11.8 Å². The van der Waals surface area contributed by atoms with E-state index >= 15 is 0 Å². The zero-order chi connectivity index (χ0) is 9.68. The van der Waals surface area contributed by atoms with E-state index in [1.807, 2.05) is 0 Å². The molecule has 0 aromatic rings. The van der Waals surface area contributed by atoms with Gasteiger partial charge in [-0.05, 0) is 32.1 Å². The van der Waals surface area contributed by atoms with E-state index in [0.29, 0.717) is 12.1 Å². The minimum Gasteiger partial charge on any atom is -0.382 e. The van der Waals surface area contributed by atoms with Gasteiger partial charge in [-0.2, -0.15) is 0 Å². The zero-order valence-electron chi connectivity index (χ0n) is 8.75. The van der Waals surface area contributed by atoms with E-state index in [4.69, 9.17) is 10.6 Å². The van der Waals surface area contributed by atoms with E-state index < -0.39 is 0 Å². The van der Waals surface area contributed by atoms with Gasteiger partial charge in [0.05, 0.1) is 6.10 Å². The van der Waals surface area contributed by atoms with E-state index in [1.165, 1.54) is 19.3 Å². The number of ether oxygens (including phenoxy) is 1. The molecule has 0 aromatic carbocycles. The first-order valence-corrected chi connectivity index (χ1v) is 5.25. The van der Waals surface area contributed by atoms with E-state index in [0.717, 1.165) is 18.8 Å². The number of hydrazine groups is 1. The molecule has 0 spiro atoms. The molecule has 0 aromatic heterocycles.